The average Bonchev–Trinajstić information content (AvgIpc) is 2.19. The lowest BCUT2D eigenvalue weighted by Gasteiger charge is -2.23. The molecule has 0 fully saturated rings. The fourth-order valence-electron chi connectivity index (χ4n) is 1.28. The average molecular weight is 228 g/mol. The molecule has 0 saturated heterocycles. The van der Waals surface area contributed by atoms with Gasteiger partial charge >= 0.3 is 0 Å². The Kier molecular flexibility index (Phi) is 4.99. The molecule has 0 aromatic carbocycles. The van der Waals surface area contributed by atoms with E-state index in [-0.39, 0.29) is 5.41 Å². The Hall–Kier alpha value is -0.670. The fourth-order valence-corrected chi connectivity index (χ4v) is 1.79. The Bertz CT molecular complexity index is 274. The molecule has 1 heterocycles. The maximum absolute atomic E-state index is 5.73. The summed E-state index contributed by atoms with van der Waals surface area (Å²) in [5.41, 5.74) is 0.233. The van der Waals surface area contributed by atoms with Crippen LogP contribution in [0, 0.1) is 5.41 Å². The van der Waals surface area contributed by atoms with Crippen molar-refractivity contribution < 1.29 is 0 Å². The number of hydrogen-bond acceptors (Lipinski definition) is 3. The second kappa shape index (κ2) is 6.03. The molecule has 0 bridgehead atoms. The predicted octanol–water partition coefficient (Wildman–Crippen LogP) is 2.22. The van der Waals surface area contributed by atoms with Crippen LogP contribution < -0.4 is 5.32 Å². The van der Waals surface area contributed by atoms with Crippen molar-refractivity contribution in [2.24, 2.45) is 5.41 Å². The quantitative estimate of drug-likeness (QED) is 0.758. The zero-order valence-corrected chi connectivity index (χ0v) is 10.1. The molecule has 0 saturated carbocycles. The van der Waals surface area contributed by atoms with E-state index in [0.29, 0.717) is 12.4 Å². The van der Waals surface area contributed by atoms with E-state index >= 15 is 0 Å². The highest BCUT2D eigenvalue weighted by Gasteiger charge is 2.16. The molecular weight excluding hydrogens is 210 g/mol. The highest BCUT2D eigenvalue weighted by atomic mass is 35.5. The summed E-state index contributed by atoms with van der Waals surface area (Å²) < 4.78 is 0. The van der Waals surface area contributed by atoms with Crippen LogP contribution in [0.2, 0.25) is 0 Å². The molecule has 0 aliphatic rings. The van der Waals surface area contributed by atoms with Crippen molar-refractivity contribution in [3.05, 3.63) is 24.3 Å². The monoisotopic (exact) mass is 227 g/mol. The van der Waals surface area contributed by atoms with Gasteiger partial charge in [0.2, 0.25) is 0 Å². The van der Waals surface area contributed by atoms with Crippen molar-refractivity contribution in [2.75, 3.05) is 12.4 Å². The third kappa shape index (κ3) is 5.09. The Balaban J connectivity index is 2.27. The number of nitrogens with zero attached hydrogens (tertiary/aromatic N) is 2. The molecule has 84 valence electrons. The van der Waals surface area contributed by atoms with Gasteiger partial charge in [0.25, 0.3) is 0 Å². The molecule has 1 aromatic heterocycles. The van der Waals surface area contributed by atoms with Crippen molar-refractivity contribution >= 4 is 11.6 Å². The zero-order valence-electron chi connectivity index (χ0n) is 9.33. The Morgan fingerprint density at radius 3 is 2.60 bits per heavy atom. The molecular formula is C11H18ClN3. The van der Waals surface area contributed by atoms with Gasteiger partial charge in [-0.3, -0.25) is 0 Å². The van der Waals surface area contributed by atoms with Gasteiger partial charge in [-0.2, -0.15) is 0 Å². The fraction of sp³-hybridized carbons (Fsp3) is 0.636. The second-order valence-electron chi connectivity index (χ2n) is 4.37. The number of hydrogen-bond donors (Lipinski definition) is 1. The van der Waals surface area contributed by atoms with Crippen molar-refractivity contribution in [3.63, 3.8) is 0 Å². The minimum Gasteiger partial charge on any atom is -0.309 e. The lowest BCUT2D eigenvalue weighted by atomic mass is 9.90. The van der Waals surface area contributed by atoms with Gasteiger partial charge in [0.1, 0.15) is 5.82 Å². The molecule has 0 aliphatic carbocycles. The van der Waals surface area contributed by atoms with Crippen molar-refractivity contribution in [1.29, 1.82) is 0 Å². The minimum atomic E-state index is 0.233. The van der Waals surface area contributed by atoms with Gasteiger partial charge in [-0.25, -0.2) is 9.97 Å². The Morgan fingerprint density at radius 1 is 1.33 bits per heavy atom. The standard InChI is InChI=1S/C11H18ClN3/c1-11(2,4-5-12)9-13-8-10-14-6-3-7-15-10/h3,6-7,13H,4-5,8-9H2,1-2H3. The van der Waals surface area contributed by atoms with Gasteiger partial charge in [-0.05, 0) is 17.9 Å². The number of halogens is 1. The molecule has 0 amide bonds. The summed E-state index contributed by atoms with van der Waals surface area (Å²) in [6.07, 6.45) is 4.53. The van der Waals surface area contributed by atoms with Gasteiger partial charge in [0.05, 0.1) is 6.54 Å². The first-order chi connectivity index (χ1) is 7.14. The number of nitrogens with one attached hydrogen (secondary N) is 1. The van der Waals surface area contributed by atoms with E-state index in [1.165, 1.54) is 0 Å². The first-order valence-electron chi connectivity index (χ1n) is 5.17. The summed E-state index contributed by atoms with van der Waals surface area (Å²) in [6, 6.07) is 1.82. The number of aromatic nitrogens is 2. The largest absolute Gasteiger partial charge is 0.309 e. The molecule has 1 aromatic rings. The maximum atomic E-state index is 5.73. The highest BCUT2D eigenvalue weighted by molar-refractivity contribution is 6.17. The van der Waals surface area contributed by atoms with E-state index < -0.39 is 0 Å². The van der Waals surface area contributed by atoms with Crippen LogP contribution in [0.4, 0.5) is 0 Å². The molecule has 0 atom stereocenters. The lowest BCUT2D eigenvalue weighted by molar-refractivity contribution is 0.328. The van der Waals surface area contributed by atoms with Crippen LogP contribution in [0.5, 0.6) is 0 Å². The predicted molar refractivity (Wildman–Crippen MR) is 62.9 cm³/mol. The van der Waals surface area contributed by atoms with E-state index in [2.05, 4.69) is 29.1 Å². The van der Waals surface area contributed by atoms with Crippen LogP contribution in [-0.2, 0) is 6.54 Å². The molecule has 1 rings (SSSR count). The van der Waals surface area contributed by atoms with Crippen LogP contribution in [0.25, 0.3) is 0 Å². The first kappa shape index (κ1) is 12.4. The second-order valence-corrected chi connectivity index (χ2v) is 4.75. The third-order valence-electron chi connectivity index (χ3n) is 2.28. The van der Waals surface area contributed by atoms with Crippen LogP contribution >= 0.6 is 11.6 Å². The minimum absolute atomic E-state index is 0.233. The normalized spacial score (nSPS) is 11.7. The van der Waals surface area contributed by atoms with Crippen LogP contribution in [0.1, 0.15) is 26.1 Å². The molecule has 3 nitrogen and oxygen atoms in total. The van der Waals surface area contributed by atoms with Gasteiger partial charge < -0.3 is 5.32 Å². The van der Waals surface area contributed by atoms with E-state index in [4.69, 9.17) is 11.6 Å². The number of alkyl halides is 1. The van der Waals surface area contributed by atoms with Gasteiger partial charge in [-0.1, -0.05) is 13.8 Å². The van der Waals surface area contributed by atoms with Gasteiger partial charge in [0, 0.05) is 24.8 Å². The molecule has 0 unspecified atom stereocenters. The molecule has 4 heteroatoms. The van der Waals surface area contributed by atoms with Crippen LogP contribution in [0.3, 0.4) is 0 Å². The van der Waals surface area contributed by atoms with E-state index in [1.54, 1.807) is 12.4 Å². The Morgan fingerprint density at radius 2 is 2.00 bits per heavy atom. The summed E-state index contributed by atoms with van der Waals surface area (Å²) in [6.45, 7) is 6.05. The van der Waals surface area contributed by atoms with Crippen molar-refractivity contribution in [1.82, 2.24) is 15.3 Å². The number of rotatable bonds is 6. The van der Waals surface area contributed by atoms with Crippen molar-refractivity contribution in [2.45, 2.75) is 26.8 Å². The first-order valence-corrected chi connectivity index (χ1v) is 5.70. The third-order valence-corrected chi connectivity index (χ3v) is 2.47. The molecule has 1 N–H and O–H groups in total. The molecule has 0 radical (unpaired) electrons. The summed E-state index contributed by atoms with van der Waals surface area (Å²) in [7, 11) is 0. The lowest BCUT2D eigenvalue weighted by Crippen LogP contribution is -2.29. The van der Waals surface area contributed by atoms with E-state index in [1.807, 2.05) is 6.07 Å². The topological polar surface area (TPSA) is 37.8 Å². The van der Waals surface area contributed by atoms with Crippen LogP contribution in [-0.4, -0.2) is 22.4 Å². The molecule has 0 spiro atoms. The molecule has 15 heavy (non-hydrogen) atoms. The summed E-state index contributed by atoms with van der Waals surface area (Å²) in [5, 5.41) is 3.34. The summed E-state index contributed by atoms with van der Waals surface area (Å²) in [4.78, 5) is 8.29. The van der Waals surface area contributed by atoms with Gasteiger partial charge in [0.15, 0.2) is 0 Å². The molecule has 0 aliphatic heterocycles. The SMILES string of the molecule is CC(C)(CCCl)CNCc1ncccn1. The smallest absolute Gasteiger partial charge is 0.141 e. The summed E-state index contributed by atoms with van der Waals surface area (Å²) >= 11 is 5.73. The zero-order chi connectivity index (χ0) is 11.1. The van der Waals surface area contributed by atoms with E-state index in [9.17, 15) is 0 Å². The summed E-state index contributed by atoms with van der Waals surface area (Å²) in [5.74, 6) is 1.54. The van der Waals surface area contributed by atoms with E-state index in [0.717, 1.165) is 18.8 Å². The maximum Gasteiger partial charge on any atom is 0.141 e. The van der Waals surface area contributed by atoms with Gasteiger partial charge in [-0.15, -0.1) is 11.6 Å². The highest BCUT2D eigenvalue weighted by Crippen LogP contribution is 2.19. The van der Waals surface area contributed by atoms with Crippen LogP contribution in [0.15, 0.2) is 18.5 Å². The van der Waals surface area contributed by atoms with Crippen molar-refractivity contribution in [3.8, 4) is 0 Å². The Labute approximate surface area is 96.3 Å².